The lowest BCUT2D eigenvalue weighted by molar-refractivity contribution is -0.127. The highest BCUT2D eigenvalue weighted by molar-refractivity contribution is 7.92. The molecule has 1 saturated heterocycles. The van der Waals surface area contributed by atoms with E-state index in [1.807, 2.05) is 26.8 Å². The molecule has 0 saturated carbocycles. The number of carbonyl (C=O) groups is 1. The van der Waals surface area contributed by atoms with Crippen LogP contribution in [0.3, 0.4) is 0 Å². The summed E-state index contributed by atoms with van der Waals surface area (Å²) in [7, 11) is -7.14. The van der Waals surface area contributed by atoms with Crippen LogP contribution >= 0.6 is 0 Å². The summed E-state index contributed by atoms with van der Waals surface area (Å²) in [4.78, 5) is 13.0. The number of hydrogen-bond acceptors (Lipinski definition) is 7. The Morgan fingerprint density at radius 2 is 1.71 bits per heavy atom. The van der Waals surface area contributed by atoms with E-state index in [0.29, 0.717) is 30.3 Å². The van der Waals surface area contributed by atoms with Crippen LogP contribution in [-0.2, 0) is 30.3 Å². The van der Waals surface area contributed by atoms with Gasteiger partial charge in [0.25, 0.3) is 5.91 Å². The zero-order valence-corrected chi connectivity index (χ0v) is 23.8. The minimum atomic E-state index is -3.65. The molecule has 4 rings (SSSR count). The normalized spacial score (nSPS) is 18.5. The molecule has 1 amide bonds. The Bertz CT molecular complexity index is 1380. The molecule has 2 heterocycles. The fourth-order valence-corrected chi connectivity index (χ4v) is 6.83. The summed E-state index contributed by atoms with van der Waals surface area (Å²) in [6.45, 7) is 7.33. The summed E-state index contributed by atoms with van der Waals surface area (Å²) in [6.07, 6.45) is 1.83. The lowest BCUT2D eigenvalue weighted by Gasteiger charge is -2.35. The van der Waals surface area contributed by atoms with Crippen molar-refractivity contribution >= 4 is 31.6 Å². The zero-order valence-electron chi connectivity index (χ0n) is 22.1. The molecule has 2 aromatic carbocycles. The molecule has 0 radical (unpaired) electrons. The predicted octanol–water partition coefficient (Wildman–Crippen LogP) is 2.49. The quantitative estimate of drug-likeness (QED) is 0.488. The highest BCUT2D eigenvalue weighted by atomic mass is 32.2. The number of nitrogens with one attached hydrogen (secondary N) is 1. The minimum Gasteiger partial charge on any atom is -0.492 e. The Morgan fingerprint density at radius 3 is 2.32 bits per heavy atom. The molecule has 0 bridgehead atoms. The molecular weight excluding hydrogens is 530 g/mol. The Labute approximate surface area is 225 Å². The first-order chi connectivity index (χ1) is 17.8. The number of anilines is 1. The van der Waals surface area contributed by atoms with Crippen molar-refractivity contribution in [3.05, 3.63) is 48.0 Å². The van der Waals surface area contributed by atoms with Crippen LogP contribution in [0, 0.1) is 0 Å². The maximum atomic E-state index is 12.8. The van der Waals surface area contributed by atoms with Crippen molar-refractivity contribution in [3.63, 3.8) is 0 Å². The zero-order chi connectivity index (χ0) is 27.7. The fraction of sp³-hybridized carbons (Fsp3) is 0.500. The number of fused-ring (bicyclic) bond motifs is 1. The van der Waals surface area contributed by atoms with Gasteiger partial charge in [-0.2, -0.15) is 4.31 Å². The van der Waals surface area contributed by atoms with Crippen molar-refractivity contribution in [2.75, 3.05) is 43.3 Å². The standard InChI is InChI=1S/C26H35N3O7S2/c1-26(2,3)19-7-12-23-22(17-19)29(37(4,31)32)18-24(36-23)25(30)27-13-16-35-20-8-10-21(11-9-20)38(33,34)28-14-5-6-15-28/h7-12,17,24H,5-6,13-16,18H2,1-4H3,(H,27,30)/t24-/m0/s1. The first-order valence-corrected chi connectivity index (χ1v) is 15.9. The molecule has 2 aliphatic rings. The second kappa shape index (κ2) is 10.7. The number of rotatable bonds is 8. The number of amides is 1. The summed E-state index contributed by atoms with van der Waals surface area (Å²) < 4.78 is 64.6. The van der Waals surface area contributed by atoms with Crippen molar-refractivity contribution in [3.8, 4) is 11.5 Å². The lowest BCUT2D eigenvalue weighted by Crippen LogP contribution is -2.51. The van der Waals surface area contributed by atoms with E-state index in [-0.39, 0.29) is 30.0 Å². The van der Waals surface area contributed by atoms with Crippen LogP contribution in [0.2, 0.25) is 0 Å². The van der Waals surface area contributed by atoms with Crippen molar-refractivity contribution in [1.29, 1.82) is 0 Å². The summed E-state index contributed by atoms with van der Waals surface area (Å²) in [5, 5.41) is 2.72. The van der Waals surface area contributed by atoms with Crippen LogP contribution in [0.15, 0.2) is 47.4 Å². The van der Waals surface area contributed by atoms with E-state index in [9.17, 15) is 21.6 Å². The lowest BCUT2D eigenvalue weighted by atomic mass is 9.86. The molecule has 208 valence electrons. The molecular formula is C26H35N3O7S2. The highest BCUT2D eigenvalue weighted by Crippen LogP contribution is 2.38. The van der Waals surface area contributed by atoms with E-state index >= 15 is 0 Å². The average Bonchev–Trinajstić information content (AvgIpc) is 3.41. The first kappa shape index (κ1) is 28.2. The molecule has 0 unspecified atom stereocenters. The fourth-order valence-electron chi connectivity index (χ4n) is 4.41. The van der Waals surface area contributed by atoms with E-state index in [2.05, 4.69) is 5.32 Å². The van der Waals surface area contributed by atoms with Crippen LogP contribution in [0.25, 0.3) is 0 Å². The second-order valence-electron chi connectivity index (χ2n) is 10.6. The molecule has 1 N–H and O–H groups in total. The average molecular weight is 566 g/mol. The molecule has 0 spiro atoms. The number of hydrogen-bond donors (Lipinski definition) is 1. The van der Waals surface area contributed by atoms with E-state index in [0.717, 1.165) is 24.7 Å². The van der Waals surface area contributed by atoms with Gasteiger partial charge in [-0.3, -0.25) is 9.10 Å². The monoisotopic (exact) mass is 565 g/mol. The summed E-state index contributed by atoms with van der Waals surface area (Å²) in [5.74, 6) is 0.343. The first-order valence-electron chi connectivity index (χ1n) is 12.6. The van der Waals surface area contributed by atoms with Gasteiger partial charge in [-0.25, -0.2) is 16.8 Å². The van der Waals surface area contributed by atoms with Gasteiger partial charge in [0.2, 0.25) is 20.0 Å². The van der Waals surface area contributed by atoms with E-state index in [1.165, 1.54) is 20.7 Å². The Balaban J connectivity index is 1.34. The molecule has 1 atom stereocenters. The third-order valence-corrected chi connectivity index (χ3v) is 9.64. The van der Waals surface area contributed by atoms with Gasteiger partial charge in [-0.15, -0.1) is 0 Å². The van der Waals surface area contributed by atoms with Crippen LogP contribution < -0.4 is 19.1 Å². The largest absolute Gasteiger partial charge is 0.492 e. The third-order valence-electron chi connectivity index (χ3n) is 6.58. The van der Waals surface area contributed by atoms with Gasteiger partial charge in [-0.1, -0.05) is 26.8 Å². The van der Waals surface area contributed by atoms with Gasteiger partial charge in [0.1, 0.15) is 18.1 Å². The van der Waals surface area contributed by atoms with Gasteiger partial charge >= 0.3 is 0 Å². The molecule has 0 aliphatic carbocycles. The summed E-state index contributed by atoms with van der Waals surface area (Å²) in [5.41, 5.74) is 1.19. The SMILES string of the molecule is CC(C)(C)c1ccc2c(c1)N(S(C)(=O)=O)C[C@@H](C(=O)NCCOc1ccc(S(=O)(=O)N3CCCC3)cc1)O2. The molecule has 1 fully saturated rings. The second-order valence-corrected chi connectivity index (χ2v) is 14.4. The molecule has 2 aromatic rings. The van der Waals surface area contributed by atoms with Gasteiger partial charge in [0.05, 0.1) is 29.9 Å². The number of sulfonamides is 2. The summed E-state index contributed by atoms with van der Waals surface area (Å²) in [6, 6.07) is 11.6. The number of carbonyl (C=O) groups excluding carboxylic acids is 1. The minimum absolute atomic E-state index is 0.137. The topological polar surface area (TPSA) is 122 Å². The van der Waals surface area contributed by atoms with E-state index < -0.39 is 32.1 Å². The number of nitrogens with zero attached hydrogens (tertiary/aromatic N) is 2. The molecule has 38 heavy (non-hydrogen) atoms. The van der Waals surface area contributed by atoms with Gasteiger partial charge in [0, 0.05) is 13.1 Å². The van der Waals surface area contributed by atoms with Crippen LogP contribution in [-0.4, -0.2) is 72.2 Å². The van der Waals surface area contributed by atoms with Crippen LogP contribution in [0.1, 0.15) is 39.2 Å². The van der Waals surface area contributed by atoms with Crippen molar-refractivity contribution in [2.45, 2.75) is 50.0 Å². The van der Waals surface area contributed by atoms with E-state index in [1.54, 1.807) is 24.3 Å². The Morgan fingerprint density at radius 1 is 1.05 bits per heavy atom. The molecule has 10 nitrogen and oxygen atoms in total. The molecule has 2 aliphatic heterocycles. The van der Waals surface area contributed by atoms with Gasteiger partial charge in [0.15, 0.2) is 6.10 Å². The van der Waals surface area contributed by atoms with Gasteiger partial charge in [-0.05, 0) is 60.2 Å². The Hall–Kier alpha value is -2.83. The van der Waals surface area contributed by atoms with Crippen LogP contribution in [0.5, 0.6) is 11.5 Å². The highest BCUT2D eigenvalue weighted by Gasteiger charge is 2.35. The smallest absolute Gasteiger partial charge is 0.263 e. The van der Waals surface area contributed by atoms with Crippen LogP contribution in [0.4, 0.5) is 5.69 Å². The summed E-state index contributed by atoms with van der Waals surface area (Å²) >= 11 is 0. The Kier molecular flexibility index (Phi) is 7.96. The third kappa shape index (κ3) is 6.24. The maximum Gasteiger partial charge on any atom is 0.263 e. The van der Waals surface area contributed by atoms with E-state index in [4.69, 9.17) is 9.47 Å². The van der Waals surface area contributed by atoms with Gasteiger partial charge < -0.3 is 14.8 Å². The predicted molar refractivity (Wildman–Crippen MR) is 145 cm³/mol. The maximum absolute atomic E-state index is 12.8. The number of benzene rings is 2. The molecule has 0 aromatic heterocycles. The number of ether oxygens (including phenoxy) is 2. The molecule has 12 heteroatoms. The van der Waals surface area contributed by atoms with Crippen molar-refractivity contribution in [1.82, 2.24) is 9.62 Å². The van der Waals surface area contributed by atoms with Crippen molar-refractivity contribution < 1.29 is 31.1 Å². The van der Waals surface area contributed by atoms with Crippen molar-refractivity contribution in [2.24, 2.45) is 0 Å².